The van der Waals surface area contributed by atoms with Crippen molar-refractivity contribution < 1.29 is 9.53 Å². The largest absolute Gasteiger partial charge is 0.383 e. The summed E-state index contributed by atoms with van der Waals surface area (Å²) >= 11 is 0. The van der Waals surface area contributed by atoms with Gasteiger partial charge in [-0.3, -0.25) is 9.36 Å². The van der Waals surface area contributed by atoms with Crippen LogP contribution in [-0.2, 0) is 16.1 Å². The second kappa shape index (κ2) is 10.2. The van der Waals surface area contributed by atoms with E-state index in [1.165, 1.54) is 7.11 Å². The molecule has 1 amide bonds. The zero-order valence-corrected chi connectivity index (χ0v) is 14.6. The van der Waals surface area contributed by atoms with Crippen LogP contribution in [0, 0.1) is 6.92 Å². The fraction of sp³-hybridized carbons (Fsp3) is 0.357. The number of halogens is 2. The second-order valence-electron chi connectivity index (χ2n) is 4.65. The Balaban J connectivity index is 0.00000242. The second-order valence-corrected chi connectivity index (χ2v) is 4.65. The van der Waals surface area contributed by atoms with Gasteiger partial charge in [0.25, 0.3) is 0 Å². The number of hydrogen-bond donors (Lipinski definition) is 2. The summed E-state index contributed by atoms with van der Waals surface area (Å²) in [6, 6.07) is 3.13. The number of aromatic nitrogens is 3. The van der Waals surface area contributed by atoms with Gasteiger partial charge in [-0.15, -0.1) is 24.8 Å². The third-order valence-corrected chi connectivity index (χ3v) is 3.03. The number of nitrogens with one attached hydrogen (secondary N) is 1. The molecule has 2 rings (SSSR count). The van der Waals surface area contributed by atoms with Gasteiger partial charge < -0.3 is 15.8 Å². The van der Waals surface area contributed by atoms with E-state index in [1.54, 1.807) is 12.4 Å². The van der Waals surface area contributed by atoms with Crippen molar-refractivity contribution >= 4 is 30.7 Å². The third kappa shape index (κ3) is 5.80. The number of pyridine rings is 1. The lowest BCUT2D eigenvalue weighted by Gasteiger charge is -2.11. The molecule has 1 unspecified atom stereocenters. The Morgan fingerprint density at radius 3 is 2.65 bits per heavy atom. The summed E-state index contributed by atoms with van der Waals surface area (Å²) in [4.78, 5) is 20.2. The Labute approximate surface area is 147 Å². The monoisotopic (exact) mass is 361 g/mol. The van der Waals surface area contributed by atoms with Crippen LogP contribution in [-0.4, -0.2) is 40.2 Å². The maximum atomic E-state index is 11.7. The molecule has 2 aromatic rings. The fourth-order valence-corrected chi connectivity index (χ4v) is 1.86. The standard InChI is InChI=1S/C14H19N5O2.2ClH/c1-10-16-5-6-19(10)13-4-3-11(7-17-13)8-18-14(20)12(15)9-21-2;;/h3-7,12H,8-9,15H2,1-2H3,(H,18,20);2*1H. The lowest BCUT2D eigenvalue weighted by molar-refractivity contribution is -0.123. The number of methoxy groups -OCH3 is 1. The van der Waals surface area contributed by atoms with Crippen molar-refractivity contribution in [3.05, 3.63) is 42.1 Å². The summed E-state index contributed by atoms with van der Waals surface area (Å²) < 4.78 is 6.72. The highest BCUT2D eigenvalue weighted by molar-refractivity contribution is 5.85. The van der Waals surface area contributed by atoms with Crippen molar-refractivity contribution in [3.63, 3.8) is 0 Å². The summed E-state index contributed by atoms with van der Waals surface area (Å²) in [6.45, 7) is 2.49. The van der Waals surface area contributed by atoms with Crippen molar-refractivity contribution in [2.45, 2.75) is 19.5 Å². The normalized spacial score (nSPS) is 11.1. The van der Waals surface area contributed by atoms with E-state index in [4.69, 9.17) is 10.5 Å². The summed E-state index contributed by atoms with van der Waals surface area (Å²) in [5.74, 6) is 1.41. The fourth-order valence-electron chi connectivity index (χ4n) is 1.86. The Bertz CT molecular complexity index is 603. The number of carbonyl (C=O) groups excluding carboxylic acids is 1. The molecule has 23 heavy (non-hydrogen) atoms. The number of nitrogens with zero attached hydrogens (tertiary/aromatic N) is 3. The number of amides is 1. The van der Waals surface area contributed by atoms with E-state index in [0.29, 0.717) is 6.54 Å². The van der Waals surface area contributed by atoms with Crippen LogP contribution in [0.3, 0.4) is 0 Å². The van der Waals surface area contributed by atoms with Crippen LogP contribution in [0.5, 0.6) is 0 Å². The molecular formula is C14H21Cl2N5O2. The molecule has 0 fully saturated rings. The smallest absolute Gasteiger partial charge is 0.239 e. The van der Waals surface area contributed by atoms with Crippen molar-refractivity contribution in [1.82, 2.24) is 19.9 Å². The van der Waals surface area contributed by atoms with Crippen LogP contribution >= 0.6 is 24.8 Å². The molecule has 3 N–H and O–H groups in total. The average Bonchev–Trinajstić information content (AvgIpc) is 2.91. The minimum Gasteiger partial charge on any atom is -0.383 e. The van der Waals surface area contributed by atoms with Crippen molar-refractivity contribution in [2.24, 2.45) is 5.73 Å². The van der Waals surface area contributed by atoms with Gasteiger partial charge in [-0.2, -0.15) is 0 Å². The van der Waals surface area contributed by atoms with Gasteiger partial charge in [-0.05, 0) is 18.6 Å². The molecule has 2 heterocycles. The van der Waals surface area contributed by atoms with E-state index in [-0.39, 0.29) is 37.3 Å². The van der Waals surface area contributed by atoms with Gasteiger partial charge in [-0.25, -0.2) is 9.97 Å². The molecule has 0 spiro atoms. The highest BCUT2D eigenvalue weighted by Crippen LogP contribution is 2.08. The highest BCUT2D eigenvalue weighted by atomic mass is 35.5. The van der Waals surface area contributed by atoms with Crippen LogP contribution < -0.4 is 11.1 Å². The molecule has 0 saturated heterocycles. The van der Waals surface area contributed by atoms with Crippen LogP contribution in [0.25, 0.3) is 5.82 Å². The molecule has 0 aliphatic carbocycles. The molecule has 128 valence electrons. The zero-order chi connectivity index (χ0) is 15.2. The SMILES string of the molecule is COCC(N)C(=O)NCc1ccc(-n2ccnc2C)nc1.Cl.Cl. The molecule has 0 aromatic carbocycles. The minimum atomic E-state index is -0.657. The topological polar surface area (TPSA) is 95.1 Å². The number of rotatable bonds is 6. The van der Waals surface area contributed by atoms with E-state index >= 15 is 0 Å². The molecular weight excluding hydrogens is 341 g/mol. The molecule has 7 nitrogen and oxygen atoms in total. The lowest BCUT2D eigenvalue weighted by atomic mass is 10.2. The van der Waals surface area contributed by atoms with Crippen LogP contribution in [0.15, 0.2) is 30.7 Å². The van der Waals surface area contributed by atoms with E-state index in [0.717, 1.165) is 17.2 Å². The first-order valence-electron chi connectivity index (χ1n) is 6.59. The van der Waals surface area contributed by atoms with Crippen molar-refractivity contribution in [2.75, 3.05) is 13.7 Å². The Morgan fingerprint density at radius 1 is 1.39 bits per heavy atom. The summed E-state index contributed by atoms with van der Waals surface area (Å²) in [7, 11) is 1.51. The average molecular weight is 362 g/mol. The first-order chi connectivity index (χ1) is 10.1. The molecule has 9 heteroatoms. The first kappa shape index (κ1) is 21.3. The van der Waals surface area contributed by atoms with Gasteiger partial charge >= 0.3 is 0 Å². The maximum Gasteiger partial charge on any atom is 0.239 e. The van der Waals surface area contributed by atoms with Gasteiger partial charge in [0.15, 0.2) is 0 Å². The zero-order valence-electron chi connectivity index (χ0n) is 12.9. The summed E-state index contributed by atoms with van der Waals surface area (Å²) in [5, 5.41) is 2.75. The number of carbonyl (C=O) groups is 1. The van der Waals surface area contributed by atoms with Gasteiger partial charge in [0.05, 0.1) is 6.61 Å². The minimum absolute atomic E-state index is 0. The number of imidazole rings is 1. The van der Waals surface area contributed by atoms with Gasteiger partial charge in [0.1, 0.15) is 17.7 Å². The van der Waals surface area contributed by atoms with E-state index in [2.05, 4.69) is 15.3 Å². The van der Waals surface area contributed by atoms with Crippen LogP contribution in [0.4, 0.5) is 0 Å². The molecule has 0 aliphatic heterocycles. The van der Waals surface area contributed by atoms with Crippen molar-refractivity contribution in [3.8, 4) is 5.82 Å². The van der Waals surface area contributed by atoms with Crippen LogP contribution in [0.2, 0.25) is 0 Å². The van der Waals surface area contributed by atoms with E-state index < -0.39 is 6.04 Å². The molecule has 0 saturated carbocycles. The van der Waals surface area contributed by atoms with Gasteiger partial charge in [-0.1, -0.05) is 6.07 Å². The number of aryl methyl sites for hydroxylation is 1. The molecule has 0 aliphatic rings. The van der Waals surface area contributed by atoms with E-state index in [9.17, 15) is 4.79 Å². The Kier molecular flexibility index (Phi) is 9.43. The maximum absolute atomic E-state index is 11.7. The number of ether oxygens (including phenoxy) is 1. The molecule has 1 atom stereocenters. The number of nitrogens with two attached hydrogens (primary N) is 1. The molecule has 2 aromatic heterocycles. The summed E-state index contributed by atoms with van der Waals surface area (Å²) in [6.07, 6.45) is 5.29. The van der Waals surface area contributed by atoms with Crippen LogP contribution in [0.1, 0.15) is 11.4 Å². The first-order valence-corrected chi connectivity index (χ1v) is 6.59. The highest BCUT2D eigenvalue weighted by Gasteiger charge is 2.12. The third-order valence-electron chi connectivity index (χ3n) is 3.03. The molecule has 0 radical (unpaired) electrons. The van der Waals surface area contributed by atoms with Crippen molar-refractivity contribution in [1.29, 1.82) is 0 Å². The quantitative estimate of drug-likeness (QED) is 0.800. The Morgan fingerprint density at radius 2 is 2.13 bits per heavy atom. The molecule has 0 bridgehead atoms. The Hall–Kier alpha value is -1.67. The van der Waals surface area contributed by atoms with E-state index in [1.807, 2.05) is 29.8 Å². The predicted octanol–water partition coefficient (Wildman–Crippen LogP) is 1.01. The summed E-state index contributed by atoms with van der Waals surface area (Å²) in [5.41, 5.74) is 6.53. The van der Waals surface area contributed by atoms with Gasteiger partial charge in [0, 0.05) is 32.2 Å². The van der Waals surface area contributed by atoms with Gasteiger partial charge in [0.2, 0.25) is 5.91 Å². The lowest BCUT2D eigenvalue weighted by Crippen LogP contribution is -2.43. The number of hydrogen-bond acceptors (Lipinski definition) is 5. The predicted molar refractivity (Wildman–Crippen MR) is 92.3 cm³/mol.